The summed E-state index contributed by atoms with van der Waals surface area (Å²) < 4.78 is 4.26. The Balaban J connectivity index is 3.86. The number of carbonyl (C=O) groups excluding carboxylic acids is 2. The van der Waals surface area contributed by atoms with Gasteiger partial charge in [-0.3, -0.25) is 4.79 Å². The van der Waals surface area contributed by atoms with E-state index in [1.807, 2.05) is 0 Å². The second-order valence-corrected chi connectivity index (χ2v) is 1.65. The summed E-state index contributed by atoms with van der Waals surface area (Å²) in [7, 11) is 1.22. The van der Waals surface area contributed by atoms with Gasteiger partial charge in [0.15, 0.2) is 0 Å². The molecular weight excluding hydrogens is 135 g/mol. The number of carbonyl (C=O) groups is 2. The Kier molecular flexibility index (Phi) is 3.17. The molecular formula is C6H9NO3. The van der Waals surface area contributed by atoms with E-state index in [4.69, 9.17) is 0 Å². The fourth-order valence-corrected chi connectivity index (χ4v) is 0.387. The predicted molar refractivity (Wildman–Crippen MR) is 35.0 cm³/mol. The largest absolute Gasteiger partial charge is 0.464 e. The van der Waals surface area contributed by atoms with E-state index in [0.29, 0.717) is 0 Å². The summed E-state index contributed by atoms with van der Waals surface area (Å²) in [6.45, 7) is 4.54. The molecule has 0 fully saturated rings. The third-order valence-electron chi connectivity index (χ3n) is 0.759. The summed E-state index contributed by atoms with van der Waals surface area (Å²) in [6, 6.07) is 0. The Hall–Kier alpha value is -1.32. The maximum Gasteiger partial charge on any atom is 0.353 e. The molecule has 0 bridgehead atoms. The van der Waals surface area contributed by atoms with Crippen LogP contribution in [0.25, 0.3) is 0 Å². The lowest BCUT2D eigenvalue weighted by molar-refractivity contribution is -0.137. The fourth-order valence-electron chi connectivity index (χ4n) is 0.387. The molecule has 0 unspecified atom stereocenters. The molecule has 0 aromatic carbocycles. The molecule has 0 aliphatic heterocycles. The van der Waals surface area contributed by atoms with Crippen LogP contribution in [0.4, 0.5) is 0 Å². The van der Waals surface area contributed by atoms with Crippen LogP contribution in [0.5, 0.6) is 0 Å². The van der Waals surface area contributed by atoms with Crippen molar-refractivity contribution in [2.24, 2.45) is 0 Å². The number of hydrogen-bond donors (Lipinski definition) is 1. The number of rotatable bonds is 2. The molecule has 4 heteroatoms. The summed E-state index contributed by atoms with van der Waals surface area (Å²) in [6.07, 6.45) is 0. The van der Waals surface area contributed by atoms with Gasteiger partial charge in [0.1, 0.15) is 5.70 Å². The lowest BCUT2D eigenvalue weighted by atomic mass is 10.5. The van der Waals surface area contributed by atoms with E-state index in [1.54, 1.807) is 0 Å². The zero-order valence-corrected chi connectivity index (χ0v) is 5.93. The van der Waals surface area contributed by atoms with Crippen LogP contribution in [-0.4, -0.2) is 19.0 Å². The maximum absolute atomic E-state index is 10.5. The van der Waals surface area contributed by atoms with Gasteiger partial charge in [0.25, 0.3) is 0 Å². The normalized spacial score (nSPS) is 8.20. The van der Waals surface area contributed by atoms with E-state index in [9.17, 15) is 9.59 Å². The molecule has 0 atom stereocenters. The van der Waals surface area contributed by atoms with Gasteiger partial charge in [0, 0.05) is 6.92 Å². The van der Waals surface area contributed by atoms with Crippen molar-refractivity contribution in [3.05, 3.63) is 12.3 Å². The molecule has 0 aliphatic carbocycles. The standard InChI is InChI=1S/C6H9NO3/c1-4(6(9)10-3)7-5(2)8/h1H2,2-3H3,(H,7,8)/i1+1. The minimum atomic E-state index is -0.629. The molecule has 0 heterocycles. The van der Waals surface area contributed by atoms with Crippen LogP contribution >= 0.6 is 0 Å². The van der Waals surface area contributed by atoms with Crippen molar-refractivity contribution in [3.63, 3.8) is 0 Å². The third kappa shape index (κ3) is 2.86. The minimum absolute atomic E-state index is 0.0463. The van der Waals surface area contributed by atoms with Crippen molar-refractivity contribution in [2.45, 2.75) is 6.92 Å². The highest BCUT2D eigenvalue weighted by atomic mass is 16.5. The topological polar surface area (TPSA) is 55.4 Å². The average Bonchev–Trinajstić information content (AvgIpc) is 1.85. The van der Waals surface area contributed by atoms with Gasteiger partial charge in [-0.15, -0.1) is 0 Å². The van der Waals surface area contributed by atoms with Crippen molar-refractivity contribution in [1.82, 2.24) is 5.32 Å². The molecule has 0 radical (unpaired) electrons. The van der Waals surface area contributed by atoms with E-state index in [2.05, 4.69) is 16.6 Å². The Morgan fingerprint density at radius 3 is 2.30 bits per heavy atom. The van der Waals surface area contributed by atoms with Gasteiger partial charge in [-0.2, -0.15) is 0 Å². The van der Waals surface area contributed by atoms with E-state index >= 15 is 0 Å². The first-order chi connectivity index (χ1) is 4.57. The van der Waals surface area contributed by atoms with Gasteiger partial charge in [-0.25, -0.2) is 4.79 Å². The molecule has 1 amide bonds. The van der Waals surface area contributed by atoms with Crippen LogP contribution in [0, 0.1) is 0 Å². The van der Waals surface area contributed by atoms with E-state index < -0.39 is 5.97 Å². The van der Waals surface area contributed by atoms with Gasteiger partial charge in [0.2, 0.25) is 5.91 Å². The Labute approximate surface area is 58.9 Å². The molecule has 0 saturated heterocycles. The van der Waals surface area contributed by atoms with Gasteiger partial charge in [-0.05, 0) is 0 Å². The van der Waals surface area contributed by atoms with Crippen molar-refractivity contribution >= 4 is 11.9 Å². The summed E-state index contributed by atoms with van der Waals surface area (Å²) in [5.74, 6) is -0.967. The lowest BCUT2D eigenvalue weighted by Gasteiger charge is -2.01. The molecule has 0 aromatic heterocycles. The highest BCUT2D eigenvalue weighted by Gasteiger charge is 2.06. The van der Waals surface area contributed by atoms with Gasteiger partial charge in [-0.1, -0.05) is 6.58 Å². The number of esters is 1. The quantitative estimate of drug-likeness (QED) is 0.332. The monoisotopic (exact) mass is 144 g/mol. The molecule has 0 aliphatic rings. The first-order valence-electron chi connectivity index (χ1n) is 2.62. The Morgan fingerprint density at radius 1 is 1.50 bits per heavy atom. The van der Waals surface area contributed by atoms with Crippen LogP contribution < -0.4 is 5.32 Å². The predicted octanol–water partition coefficient (Wildman–Crippen LogP) is -0.191. The zero-order valence-electron chi connectivity index (χ0n) is 5.93. The van der Waals surface area contributed by atoms with Crippen molar-refractivity contribution in [3.8, 4) is 0 Å². The van der Waals surface area contributed by atoms with Crippen LogP contribution in [0.1, 0.15) is 6.92 Å². The average molecular weight is 144 g/mol. The number of hydrogen-bond acceptors (Lipinski definition) is 3. The number of amides is 1. The Morgan fingerprint density at radius 2 is 2.00 bits per heavy atom. The highest BCUT2D eigenvalue weighted by molar-refractivity contribution is 5.92. The number of methoxy groups -OCH3 is 1. The van der Waals surface area contributed by atoms with E-state index in [1.165, 1.54) is 14.0 Å². The summed E-state index contributed by atoms with van der Waals surface area (Å²) in [5.41, 5.74) is -0.0463. The fraction of sp³-hybridized carbons (Fsp3) is 0.333. The second kappa shape index (κ2) is 3.66. The molecule has 0 saturated carbocycles. The van der Waals surface area contributed by atoms with E-state index in [-0.39, 0.29) is 11.6 Å². The summed E-state index contributed by atoms with van der Waals surface area (Å²) >= 11 is 0. The smallest absolute Gasteiger partial charge is 0.353 e. The molecule has 0 rings (SSSR count). The minimum Gasteiger partial charge on any atom is -0.464 e. The molecule has 10 heavy (non-hydrogen) atoms. The Bertz CT molecular complexity index is 174. The lowest BCUT2D eigenvalue weighted by Crippen LogP contribution is -2.24. The molecule has 0 spiro atoms. The molecule has 1 N–H and O–H groups in total. The van der Waals surface area contributed by atoms with E-state index in [0.717, 1.165) is 0 Å². The molecule has 0 aromatic rings. The zero-order chi connectivity index (χ0) is 8.15. The SMILES string of the molecule is COC(=O)C(=[13CH2])NC(C)=O. The van der Waals surface area contributed by atoms with Gasteiger partial charge >= 0.3 is 5.97 Å². The van der Waals surface area contributed by atoms with Gasteiger partial charge < -0.3 is 10.1 Å². The third-order valence-corrected chi connectivity index (χ3v) is 0.759. The van der Waals surface area contributed by atoms with Crippen molar-refractivity contribution in [1.29, 1.82) is 0 Å². The first-order valence-corrected chi connectivity index (χ1v) is 2.62. The van der Waals surface area contributed by atoms with Crippen LogP contribution in [-0.2, 0) is 14.3 Å². The maximum atomic E-state index is 10.5. The molecule has 4 nitrogen and oxygen atoms in total. The van der Waals surface area contributed by atoms with Gasteiger partial charge in [0.05, 0.1) is 7.11 Å². The summed E-state index contributed by atoms with van der Waals surface area (Å²) in [5, 5.41) is 2.19. The second-order valence-electron chi connectivity index (χ2n) is 1.65. The number of ether oxygens (including phenoxy) is 1. The van der Waals surface area contributed by atoms with Crippen molar-refractivity contribution in [2.75, 3.05) is 7.11 Å². The van der Waals surface area contributed by atoms with Crippen LogP contribution in [0.2, 0.25) is 0 Å². The molecule has 56 valence electrons. The van der Waals surface area contributed by atoms with Crippen LogP contribution in [0.15, 0.2) is 12.3 Å². The van der Waals surface area contributed by atoms with Crippen molar-refractivity contribution < 1.29 is 14.3 Å². The number of nitrogens with one attached hydrogen (secondary N) is 1. The summed E-state index contributed by atoms with van der Waals surface area (Å²) in [4.78, 5) is 20.8. The van der Waals surface area contributed by atoms with Crippen LogP contribution in [0.3, 0.4) is 0 Å². The highest BCUT2D eigenvalue weighted by Crippen LogP contribution is 1.86. The first kappa shape index (κ1) is 8.68.